The van der Waals surface area contributed by atoms with Gasteiger partial charge in [-0.15, -0.1) is 0 Å². The van der Waals surface area contributed by atoms with E-state index in [4.69, 9.17) is 4.74 Å². The van der Waals surface area contributed by atoms with Crippen LogP contribution in [-0.2, 0) is 9.53 Å². The zero-order valence-electron chi connectivity index (χ0n) is 13.0. The molecule has 2 aliphatic rings. The number of hydrogen-bond acceptors (Lipinski definition) is 4. The van der Waals surface area contributed by atoms with Crippen LogP contribution in [0.2, 0.25) is 0 Å². The number of aldehydes is 1. The van der Waals surface area contributed by atoms with Crippen molar-refractivity contribution in [2.24, 2.45) is 5.92 Å². The van der Waals surface area contributed by atoms with Crippen LogP contribution in [0.4, 0.5) is 4.79 Å². The minimum atomic E-state index is -0.439. The molecule has 0 N–H and O–H groups in total. The molecule has 2 aliphatic heterocycles. The van der Waals surface area contributed by atoms with Crippen molar-refractivity contribution in [3.05, 3.63) is 0 Å². The molecule has 0 bridgehead atoms. The highest BCUT2D eigenvalue weighted by molar-refractivity contribution is 5.69. The SMILES string of the molecule is CC(C)(C)OC(=O)N1CC(C)(N2CCC(C=O)CC2)C1. The Labute approximate surface area is 121 Å². The molecule has 0 aromatic carbocycles. The van der Waals surface area contributed by atoms with Gasteiger partial charge in [-0.1, -0.05) is 0 Å². The molecular weight excluding hydrogens is 256 g/mol. The van der Waals surface area contributed by atoms with Gasteiger partial charge in [0.2, 0.25) is 0 Å². The predicted octanol–water partition coefficient (Wildman–Crippen LogP) is 1.91. The second-order valence-corrected chi connectivity index (χ2v) is 7.29. The van der Waals surface area contributed by atoms with Crippen molar-refractivity contribution in [2.45, 2.75) is 51.7 Å². The van der Waals surface area contributed by atoms with Crippen molar-refractivity contribution in [1.29, 1.82) is 0 Å². The Balaban J connectivity index is 1.82. The van der Waals surface area contributed by atoms with Crippen LogP contribution < -0.4 is 0 Å². The van der Waals surface area contributed by atoms with Crippen LogP contribution in [0.15, 0.2) is 0 Å². The number of amides is 1. The summed E-state index contributed by atoms with van der Waals surface area (Å²) in [6.07, 6.45) is 2.72. The quantitative estimate of drug-likeness (QED) is 0.726. The topological polar surface area (TPSA) is 49.9 Å². The normalized spacial score (nSPS) is 24.1. The summed E-state index contributed by atoms with van der Waals surface area (Å²) in [7, 11) is 0. The lowest BCUT2D eigenvalue weighted by atomic mass is 9.86. The van der Waals surface area contributed by atoms with E-state index >= 15 is 0 Å². The lowest BCUT2D eigenvalue weighted by Gasteiger charge is -2.55. The Morgan fingerprint density at radius 2 is 1.80 bits per heavy atom. The summed E-state index contributed by atoms with van der Waals surface area (Å²) in [6, 6.07) is 0. The summed E-state index contributed by atoms with van der Waals surface area (Å²) < 4.78 is 5.38. The monoisotopic (exact) mass is 282 g/mol. The highest BCUT2D eigenvalue weighted by Gasteiger charge is 2.47. The number of rotatable bonds is 2. The first-order chi connectivity index (χ1) is 9.23. The van der Waals surface area contributed by atoms with Crippen molar-refractivity contribution in [2.75, 3.05) is 26.2 Å². The smallest absolute Gasteiger partial charge is 0.410 e. The molecule has 0 spiro atoms. The molecule has 114 valence electrons. The number of piperidine rings is 1. The Kier molecular flexibility index (Phi) is 4.09. The number of hydrogen-bond donors (Lipinski definition) is 0. The molecule has 2 saturated heterocycles. The fourth-order valence-corrected chi connectivity index (χ4v) is 3.01. The third kappa shape index (κ3) is 3.32. The third-order valence-electron chi connectivity index (χ3n) is 4.21. The first-order valence-corrected chi connectivity index (χ1v) is 7.42. The standard InChI is InChI=1S/C15H26N2O3/c1-14(2,3)20-13(19)16-10-15(4,11-16)17-7-5-12(9-18)6-8-17/h9,12H,5-8,10-11H2,1-4H3. The van der Waals surface area contributed by atoms with E-state index in [1.165, 1.54) is 0 Å². The molecule has 0 unspecified atom stereocenters. The molecule has 0 saturated carbocycles. The first kappa shape index (κ1) is 15.3. The molecule has 2 rings (SSSR count). The van der Waals surface area contributed by atoms with Gasteiger partial charge in [0, 0.05) is 19.0 Å². The maximum atomic E-state index is 11.9. The second kappa shape index (κ2) is 5.35. The number of nitrogens with zero attached hydrogens (tertiary/aromatic N) is 2. The van der Waals surface area contributed by atoms with E-state index in [1.807, 2.05) is 20.8 Å². The Hall–Kier alpha value is -1.10. The van der Waals surface area contributed by atoms with Gasteiger partial charge in [0.1, 0.15) is 11.9 Å². The molecule has 20 heavy (non-hydrogen) atoms. The molecule has 2 heterocycles. The van der Waals surface area contributed by atoms with Gasteiger partial charge in [0.25, 0.3) is 0 Å². The summed E-state index contributed by atoms with van der Waals surface area (Å²) in [6.45, 7) is 11.2. The number of ether oxygens (including phenoxy) is 1. The van der Waals surface area contributed by atoms with Crippen LogP contribution >= 0.6 is 0 Å². The molecular formula is C15H26N2O3. The molecule has 1 amide bonds. The Morgan fingerprint density at radius 3 is 2.25 bits per heavy atom. The third-order valence-corrected chi connectivity index (χ3v) is 4.21. The number of carbonyl (C=O) groups is 2. The van der Waals surface area contributed by atoms with Crippen LogP contribution in [0, 0.1) is 5.92 Å². The zero-order chi connectivity index (χ0) is 15.0. The summed E-state index contributed by atoms with van der Waals surface area (Å²) in [5.74, 6) is 0.219. The van der Waals surface area contributed by atoms with Crippen LogP contribution in [0.5, 0.6) is 0 Å². The largest absolute Gasteiger partial charge is 0.444 e. The van der Waals surface area contributed by atoms with E-state index in [1.54, 1.807) is 4.90 Å². The van der Waals surface area contributed by atoms with Gasteiger partial charge in [-0.3, -0.25) is 4.90 Å². The van der Waals surface area contributed by atoms with Crippen LogP contribution in [-0.4, -0.2) is 59.5 Å². The average molecular weight is 282 g/mol. The zero-order valence-corrected chi connectivity index (χ0v) is 13.0. The van der Waals surface area contributed by atoms with E-state index in [0.29, 0.717) is 13.1 Å². The van der Waals surface area contributed by atoms with E-state index in [2.05, 4.69) is 11.8 Å². The van der Waals surface area contributed by atoms with Crippen LogP contribution in [0.3, 0.4) is 0 Å². The maximum Gasteiger partial charge on any atom is 0.410 e. The van der Waals surface area contributed by atoms with Crippen molar-refractivity contribution < 1.29 is 14.3 Å². The molecule has 2 fully saturated rings. The number of carbonyl (C=O) groups excluding carboxylic acids is 2. The van der Waals surface area contributed by atoms with Gasteiger partial charge >= 0.3 is 6.09 Å². The molecule has 0 aromatic heterocycles. The van der Waals surface area contributed by atoms with Crippen molar-refractivity contribution in [3.8, 4) is 0 Å². The van der Waals surface area contributed by atoms with E-state index in [-0.39, 0.29) is 17.6 Å². The first-order valence-electron chi connectivity index (χ1n) is 7.42. The molecule has 0 aromatic rings. The minimum absolute atomic E-state index is 0.0464. The molecule has 5 heteroatoms. The van der Waals surface area contributed by atoms with E-state index in [0.717, 1.165) is 32.2 Å². The molecule has 0 radical (unpaired) electrons. The molecule has 0 aliphatic carbocycles. The summed E-state index contributed by atoms with van der Waals surface area (Å²) in [5.41, 5.74) is -0.393. The van der Waals surface area contributed by atoms with Crippen molar-refractivity contribution in [3.63, 3.8) is 0 Å². The van der Waals surface area contributed by atoms with E-state index in [9.17, 15) is 9.59 Å². The van der Waals surface area contributed by atoms with Gasteiger partial charge in [-0.2, -0.15) is 0 Å². The minimum Gasteiger partial charge on any atom is -0.444 e. The Bertz CT molecular complexity index is 375. The lowest BCUT2D eigenvalue weighted by molar-refractivity contribution is -0.114. The van der Waals surface area contributed by atoms with Gasteiger partial charge in [0.05, 0.1) is 5.54 Å². The van der Waals surface area contributed by atoms with Crippen LogP contribution in [0.25, 0.3) is 0 Å². The maximum absolute atomic E-state index is 11.9. The average Bonchev–Trinajstić information content (AvgIpc) is 2.33. The van der Waals surface area contributed by atoms with Crippen LogP contribution in [0.1, 0.15) is 40.5 Å². The molecule has 0 atom stereocenters. The Morgan fingerprint density at radius 1 is 1.25 bits per heavy atom. The summed E-state index contributed by atoms with van der Waals surface area (Å²) in [4.78, 5) is 26.9. The number of likely N-dealkylation sites (tertiary alicyclic amines) is 2. The molecule has 5 nitrogen and oxygen atoms in total. The predicted molar refractivity (Wildman–Crippen MR) is 76.6 cm³/mol. The fourth-order valence-electron chi connectivity index (χ4n) is 3.01. The summed E-state index contributed by atoms with van der Waals surface area (Å²) >= 11 is 0. The highest BCUT2D eigenvalue weighted by Crippen LogP contribution is 2.32. The van der Waals surface area contributed by atoms with Gasteiger partial charge in [-0.25, -0.2) is 4.79 Å². The van der Waals surface area contributed by atoms with Crippen molar-refractivity contribution >= 4 is 12.4 Å². The lowest BCUT2D eigenvalue weighted by Crippen LogP contribution is -2.70. The van der Waals surface area contributed by atoms with Crippen molar-refractivity contribution in [1.82, 2.24) is 9.80 Å². The fraction of sp³-hybridized carbons (Fsp3) is 0.867. The highest BCUT2D eigenvalue weighted by atomic mass is 16.6. The van der Waals surface area contributed by atoms with Gasteiger partial charge in [0.15, 0.2) is 0 Å². The van der Waals surface area contributed by atoms with E-state index < -0.39 is 5.60 Å². The van der Waals surface area contributed by atoms with Gasteiger partial charge < -0.3 is 14.4 Å². The second-order valence-electron chi connectivity index (χ2n) is 7.29. The summed E-state index contributed by atoms with van der Waals surface area (Å²) in [5, 5.41) is 0. The van der Waals surface area contributed by atoms with Gasteiger partial charge in [-0.05, 0) is 53.6 Å².